The highest BCUT2D eigenvalue weighted by Gasteiger charge is 2.20. The minimum Gasteiger partial charge on any atom is -0.459 e. The Labute approximate surface area is 106 Å². The molecule has 4 nitrogen and oxygen atoms in total. The van der Waals surface area contributed by atoms with Crippen LogP contribution in [0.3, 0.4) is 0 Å². The summed E-state index contributed by atoms with van der Waals surface area (Å²) >= 11 is 0. The van der Waals surface area contributed by atoms with Crippen molar-refractivity contribution in [1.82, 2.24) is 0 Å². The molecule has 4 heteroatoms. The van der Waals surface area contributed by atoms with E-state index >= 15 is 0 Å². The minimum atomic E-state index is -0.224. The molecule has 0 spiro atoms. The molecule has 0 unspecified atom stereocenters. The number of benzene rings is 1. The zero-order valence-electron chi connectivity index (χ0n) is 10.3. The summed E-state index contributed by atoms with van der Waals surface area (Å²) in [6.45, 7) is 2.32. The van der Waals surface area contributed by atoms with Crippen molar-refractivity contribution < 1.29 is 14.3 Å². The van der Waals surface area contributed by atoms with E-state index in [1.807, 2.05) is 18.2 Å². The van der Waals surface area contributed by atoms with Crippen molar-refractivity contribution in [3.05, 3.63) is 29.3 Å². The van der Waals surface area contributed by atoms with Gasteiger partial charge in [0.1, 0.15) is 6.10 Å². The first-order chi connectivity index (χ1) is 8.83. The molecule has 0 aromatic heterocycles. The van der Waals surface area contributed by atoms with Crippen LogP contribution >= 0.6 is 0 Å². The predicted octanol–water partition coefficient (Wildman–Crippen LogP) is 1.99. The van der Waals surface area contributed by atoms with Gasteiger partial charge >= 0.3 is 5.97 Å². The number of ether oxygens (including phenoxy) is 2. The van der Waals surface area contributed by atoms with E-state index in [0.29, 0.717) is 18.8 Å². The fraction of sp³-hybridized carbons (Fsp3) is 0.500. The normalized spacial score (nSPS) is 19.1. The lowest BCUT2D eigenvalue weighted by atomic mass is 10.1. The highest BCUT2D eigenvalue weighted by Crippen LogP contribution is 2.24. The second kappa shape index (κ2) is 4.98. The first-order valence-electron chi connectivity index (χ1n) is 6.48. The summed E-state index contributed by atoms with van der Waals surface area (Å²) in [7, 11) is 0. The van der Waals surface area contributed by atoms with Crippen molar-refractivity contribution in [1.29, 1.82) is 0 Å². The average molecular weight is 247 g/mol. The number of anilines is 1. The highest BCUT2D eigenvalue weighted by molar-refractivity contribution is 5.91. The lowest BCUT2D eigenvalue weighted by molar-refractivity contribution is -0.0159. The molecule has 1 aromatic carbocycles. The standard InChI is InChI=1S/C14H17NO3/c16-14(18-12-4-7-17-8-5-12)11-2-1-10-3-6-15-13(10)9-11/h1-2,9,12,15H,3-8H2. The molecule has 1 fully saturated rings. The summed E-state index contributed by atoms with van der Waals surface area (Å²) in [5.74, 6) is -0.224. The number of hydrogen-bond acceptors (Lipinski definition) is 4. The minimum absolute atomic E-state index is 0.00691. The third-order valence-electron chi connectivity index (χ3n) is 3.50. The van der Waals surface area contributed by atoms with E-state index in [1.165, 1.54) is 5.56 Å². The molecule has 0 amide bonds. The van der Waals surface area contributed by atoms with E-state index in [1.54, 1.807) is 0 Å². The van der Waals surface area contributed by atoms with Gasteiger partial charge in [0.15, 0.2) is 0 Å². The molecule has 1 saturated heterocycles. The van der Waals surface area contributed by atoms with Crippen molar-refractivity contribution in [2.24, 2.45) is 0 Å². The van der Waals surface area contributed by atoms with Gasteiger partial charge in [-0.3, -0.25) is 0 Å². The van der Waals surface area contributed by atoms with E-state index in [-0.39, 0.29) is 12.1 Å². The van der Waals surface area contributed by atoms with Gasteiger partial charge in [-0.2, -0.15) is 0 Å². The molecule has 0 aliphatic carbocycles. The number of carbonyl (C=O) groups excluding carboxylic acids is 1. The second-order valence-corrected chi connectivity index (χ2v) is 4.77. The third-order valence-corrected chi connectivity index (χ3v) is 3.50. The molecule has 18 heavy (non-hydrogen) atoms. The molecule has 0 saturated carbocycles. The SMILES string of the molecule is O=C(OC1CCOCC1)c1ccc2c(c1)NCC2. The Morgan fingerprint density at radius 2 is 2.17 bits per heavy atom. The van der Waals surface area contributed by atoms with Crippen LogP contribution in [0.1, 0.15) is 28.8 Å². The second-order valence-electron chi connectivity index (χ2n) is 4.77. The van der Waals surface area contributed by atoms with E-state index < -0.39 is 0 Å². The Morgan fingerprint density at radius 1 is 1.33 bits per heavy atom. The Bertz CT molecular complexity index is 452. The van der Waals surface area contributed by atoms with Crippen LogP contribution in [0.4, 0.5) is 5.69 Å². The first kappa shape index (κ1) is 11.5. The van der Waals surface area contributed by atoms with Crippen LogP contribution in [0.25, 0.3) is 0 Å². The maximum Gasteiger partial charge on any atom is 0.338 e. The first-order valence-corrected chi connectivity index (χ1v) is 6.48. The molecule has 1 aromatic rings. The molecular formula is C14H17NO3. The largest absolute Gasteiger partial charge is 0.459 e. The number of nitrogens with one attached hydrogen (secondary N) is 1. The summed E-state index contributed by atoms with van der Waals surface area (Å²) in [6, 6.07) is 5.76. The summed E-state index contributed by atoms with van der Waals surface area (Å²) in [4.78, 5) is 12.0. The quantitative estimate of drug-likeness (QED) is 0.812. The van der Waals surface area contributed by atoms with Gasteiger partial charge in [-0.05, 0) is 24.1 Å². The maximum atomic E-state index is 12.0. The topological polar surface area (TPSA) is 47.6 Å². The number of esters is 1. The van der Waals surface area contributed by atoms with Crippen LogP contribution in [-0.4, -0.2) is 31.8 Å². The lowest BCUT2D eigenvalue weighted by Gasteiger charge is -2.22. The summed E-state index contributed by atoms with van der Waals surface area (Å²) < 4.78 is 10.7. The summed E-state index contributed by atoms with van der Waals surface area (Å²) in [6.07, 6.45) is 2.64. The van der Waals surface area contributed by atoms with Gasteiger partial charge in [-0.15, -0.1) is 0 Å². The van der Waals surface area contributed by atoms with Crippen molar-refractivity contribution in [2.75, 3.05) is 25.1 Å². The van der Waals surface area contributed by atoms with Crippen molar-refractivity contribution in [3.63, 3.8) is 0 Å². The van der Waals surface area contributed by atoms with Crippen molar-refractivity contribution in [2.45, 2.75) is 25.4 Å². The van der Waals surface area contributed by atoms with Crippen LogP contribution in [0.15, 0.2) is 18.2 Å². The molecular weight excluding hydrogens is 230 g/mol. The smallest absolute Gasteiger partial charge is 0.338 e. The van der Waals surface area contributed by atoms with E-state index in [0.717, 1.165) is 31.5 Å². The molecule has 0 radical (unpaired) electrons. The molecule has 96 valence electrons. The number of rotatable bonds is 2. The van der Waals surface area contributed by atoms with E-state index in [4.69, 9.17) is 9.47 Å². The molecule has 2 aliphatic heterocycles. The van der Waals surface area contributed by atoms with Gasteiger partial charge in [-0.25, -0.2) is 4.79 Å². The van der Waals surface area contributed by atoms with Gasteiger partial charge < -0.3 is 14.8 Å². The molecule has 2 aliphatic rings. The highest BCUT2D eigenvalue weighted by atomic mass is 16.6. The van der Waals surface area contributed by atoms with E-state index in [2.05, 4.69) is 5.32 Å². The Hall–Kier alpha value is -1.55. The van der Waals surface area contributed by atoms with Gasteiger partial charge in [0, 0.05) is 25.1 Å². The molecule has 0 bridgehead atoms. The van der Waals surface area contributed by atoms with Gasteiger partial charge in [0.25, 0.3) is 0 Å². The maximum absolute atomic E-state index is 12.0. The summed E-state index contributed by atoms with van der Waals surface area (Å²) in [5, 5.41) is 3.27. The van der Waals surface area contributed by atoms with E-state index in [9.17, 15) is 4.79 Å². The number of hydrogen-bond donors (Lipinski definition) is 1. The lowest BCUT2D eigenvalue weighted by Crippen LogP contribution is -2.26. The fourth-order valence-electron chi connectivity index (χ4n) is 2.43. The molecule has 0 atom stereocenters. The van der Waals surface area contributed by atoms with Gasteiger partial charge in [0.05, 0.1) is 18.8 Å². The average Bonchev–Trinajstić information content (AvgIpc) is 2.87. The number of carbonyl (C=O) groups is 1. The Balaban J connectivity index is 1.68. The third kappa shape index (κ3) is 2.34. The molecule has 2 heterocycles. The van der Waals surface area contributed by atoms with Crippen molar-refractivity contribution >= 4 is 11.7 Å². The molecule has 3 rings (SSSR count). The van der Waals surface area contributed by atoms with Gasteiger partial charge in [-0.1, -0.05) is 6.07 Å². The zero-order chi connectivity index (χ0) is 12.4. The van der Waals surface area contributed by atoms with Gasteiger partial charge in [0.2, 0.25) is 0 Å². The van der Waals surface area contributed by atoms with Crippen LogP contribution < -0.4 is 5.32 Å². The Kier molecular flexibility index (Phi) is 3.19. The number of fused-ring (bicyclic) bond motifs is 1. The van der Waals surface area contributed by atoms with Crippen LogP contribution in [0.2, 0.25) is 0 Å². The summed E-state index contributed by atoms with van der Waals surface area (Å²) in [5.41, 5.74) is 2.98. The van der Waals surface area contributed by atoms with Crippen LogP contribution in [0, 0.1) is 0 Å². The van der Waals surface area contributed by atoms with Crippen LogP contribution in [-0.2, 0) is 15.9 Å². The predicted molar refractivity (Wildman–Crippen MR) is 67.9 cm³/mol. The molecule has 1 N–H and O–H groups in total. The van der Waals surface area contributed by atoms with Crippen LogP contribution in [0.5, 0.6) is 0 Å². The Morgan fingerprint density at radius 3 is 3.00 bits per heavy atom. The fourth-order valence-corrected chi connectivity index (χ4v) is 2.43. The zero-order valence-corrected chi connectivity index (χ0v) is 10.3. The van der Waals surface area contributed by atoms with Crippen molar-refractivity contribution in [3.8, 4) is 0 Å². The monoisotopic (exact) mass is 247 g/mol.